The topological polar surface area (TPSA) is 95.9 Å². The summed E-state index contributed by atoms with van der Waals surface area (Å²) in [5.41, 5.74) is 4.73. The van der Waals surface area contributed by atoms with Gasteiger partial charge in [0, 0.05) is 37.4 Å². The lowest BCUT2D eigenvalue weighted by atomic mass is 9.90. The lowest BCUT2D eigenvalue weighted by molar-refractivity contribution is -0.148. The molecule has 0 radical (unpaired) electrons. The van der Waals surface area contributed by atoms with Crippen molar-refractivity contribution in [1.29, 1.82) is 0 Å². The number of rotatable bonds is 7. The molecule has 1 saturated heterocycles. The van der Waals surface area contributed by atoms with E-state index in [-0.39, 0.29) is 42.6 Å². The molecule has 2 aliphatic carbocycles. The lowest BCUT2D eigenvalue weighted by Crippen LogP contribution is -2.53. The van der Waals surface area contributed by atoms with Crippen LogP contribution in [-0.4, -0.2) is 54.2 Å². The summed E-state index contributed by atoms with van der Waals surface area (Å²) in [5.74, 6) is -0.669. The lowest BCUT2D eigenvalue weighted by Gasteiger charge is -2.40. The van der Waals surface area contributed by atoms with Crippen molar-refractivity contribution < 1.29 is 24.2 Å². The van der Waals surface area contributed by atoms with E-state index in [0.717, 1.165) is 19.3 Å². The molecule has 0 unspecified atom stereocenters. The molecule has 2 atom stereocenters. The molecule has 0 aromatic heterocycles. The van der Waals surface area contributed by atoms with Crippen LogP contribution in [0.3, 0.4) is 0 Å². The van der Waals surface area contributed by atoms with Crippen molar-refractivity contribution in [3.63, 3.8) is 0 Å². The van der Waals surface area contributed by atoms with Crippen molar-refractivity contribution in [2.45, 2.75) is 31.6 Å². The van der Waals surface area contributed by atoms with Gasteiger partial charge in [0.25, 0.3) is 0 Å². The van der Waals surface area contributed by atoms with Gasteiger partial charge < -0.3 is 20.1 Å². The van der Waals surface area contributed by atoms with Crippen molar-refractivity contribution in [3.8, 4) is 11.1 Å². The molecule has 2 amide bonds. The van der Waals surface area contributed by atoms with Gasteiger partial charge in [-0.1, -0.05) is 55.0 Å². The Balaban J connectivity index is 1.12. The Hall–Kier alpha value is -3.35. The zero-order valence-corrected chi connectivity index (χ0v) is 19.1. The van der Waals surface area contributed by atoms with Crippen LogP contribution in [0.25, 0.3) is 11.1 Å². The number of carbonyl (C=O) groups excluding carboxylic acids is 2. The minimum atomic E-state index is -0.817. The van der Waals surface area contributed by atoms with Crippen molar-refractivity contribution in [2.24, 2.45) is 17.8 Å². The molecule has 3 aliphatic rings. The molecular weight excluding hydrogens is 432 g/mol. The SMILES string of the molecule is O=C(O)CC1CN(C(=O)[C@H]2CCC[C@H]2CNC(=O)OCC2c3ccccc3-c3ccccc32)C1. The highest BCUT2D eigenvalue weighted by Gasteiger charge is 2.40. The van der Waals surface area contributed by atoms with Gasteiger partial charge >= 0.3 is 12.1 Å². The third-order valence-electron chi connectivity index (χ3n) is 7.56. The quantitative estimate of drug-likeness (QED) is 0.651. The first-order chi connectivity index (χ1) is 16.5. The van der Waals surface area contributed by atoms with E-state index in [1.165, 1.54) is 22.3 Å². The Morgan fingerprint density at radius 2 is 1.62 bits per heavy atom. The summed E-state index contributed by atoms with van der Waals surface area (Å²) >= 11 is 0. The fourth-order valence-corrected chi connectivity index (χ4v) is 5.83. The molecule has 34 heavy (non-hydrogen) atoms. The first-order valence-electron chi connectivity index (χ1n) is 12.1. The normalized spacial score (nSPS) is 21.5. The molecule has 5 rings (SSSR count). The van der Waals surface area contributed by atoms with Gasteiger partial charge in [0.2, 0.25) is 5.91 Å². The number of hydrogen-bond acceptors (Lipinski definition) is 4. The average molecular weight is 463 g/mol. The zero-order chi connectivity index (χ0) is 23.7. The Morgan fingerprint density at radius 3 is 2.26 bits per heavy atom. The van der Waals surface area contributed by atoms with Crippen LogP contribution in [0.4, 0.5) is 4.79 Å². The van der Waals surface area contributed by atoms with Crippen molar-refractivity contribution >= 4 is 18.0 Å². The van der Waals surface area contributed by atoms with Crippen LogP contribution in [0.5, 0.6) is 0 Å². The molecule has 2 fully saturated rings. The molecule has 2 N–H and O–H groups in total. The maximum Gasteiger partial charge on any atom is 0.407 e. The zero-order valence-electron chi connectivity index (χ0n) is 19.1. The maximum atomic E-state index is 12.9. The third kappa shape index (κ3) is 4.39. The summed E-state index contributed by atoms with van der Waals surface area (Å²) in [6, 6.07) is 16.5. The van der Waals surface area contributed by atoms with Crippen LogP contribution in [-0.2, 0) is 14.3 Å². The molecule has 0 bridgehead atoms. The number of likely N-dealkylation sites (tertiary alicyclic amines) is 1. The van der Waals surface area contributed by atoms with Crippen LogP contribution >= 0.6 is 0 Å². The summed E-state index contributed by atoms with van der Waals surface area (Å²) in [7, 11) is 0. The molecule has 1 heterocycles. The number of carbonyl (C=O) groups is 3. The minimum Gasteiger partial charge on any atom is -0.481 e. The van der Waals surface area contributed by atoms with Gasteiger partial charge in [0.1, 0.15) is 6.61 Å². The van der Waals surface area contributed by atoms with E-state index < -0.39 is 12.1 Å². The predicted molar refractivity (Wildman–Crippen MR) is 126 cm³/mol. The van der Waals surface area contributed by atoms with Crippen molar-refractivity contribution in [2.75, 3.05) is 26.2 Å². The second-order valence-corrected chi connectivity index (χ2v) is 9.71. The number of fused-ring (bicyclic) bond motifs is 3. The average Bonchev–Trinajstić information content (AvgIpc) is 3.40. The van der Waals surface area contributed by atoms with Crippen molar-refractivity contribution in [3.05, 3.63) is 59.7 Å². The number of hydrogen-bond donors (Lipinski definition) is 2. The molecule has 7 nitrogen and oxygen atoms in total. The van der Waals surface area contributed by atoms with Gasteiger partial charge in [-0.15, -0.1) is 0 Å². The first kappa shape index (κ1) is 22.4. The largest absolute Gasteiger partial charge is 0.481 e. The highest BCUT2D eigenvalue weighted by atomic mass is 16.5. The number of nitrogens with zero attached hydrogens (tertiary/aromatic N) is 1. The molecule has 1 saturated carbocycles. The van der Waals surface area contributed by atoms with Crippen LogP contribution in [0, 0.1) is 17.8 Å². The van der Waals surface area contributed by atoms with Crippen LogP contribution < -0.4 is 5.32 Å². The van der Waals surface area contributed by atoms with E-state index in [2.05, 4.69) is 29.6 Å². The smallest absolute Gasteiger partial charge is 0.407 e. The number of aliphatic carboxylic acids is 1. The monoisotopic (exact) mass is 462 g/mol. The number of benzene rings is 2. The highest BCUT2D eigenvalue weighted by Crippen LogP contribution is 2.44. The first-order valence-corrected chi connectivity index (χ1v) is 12.1. The van der Waals surface area contributed by atoms with E-state index >= 15 is 0 Å². The Kier molecular flexibility index (Phi) is 6.26. The number of ether oxygens (including phenoxy) is 1. The van der Waals surface area contributed by atoms with Crippen LogP contribution in [0.2, 0.25) is 0 Å². The van der Waals surface area contributed by atoms with Gasteiger partial charge in [-0.2, -0.15) is 0 Å². The minimum absolute atomic E-state index is 0.0177. The molecule has 0 spiro atoms. The molecule has 2 aromatic rings. The van der Waals surface area contributed by atoms with Crippen LogP contribution in [0.1, 0.15) is 42.7 Å². The van der Waals surface area contributed by atoms with Gasteiger partial charge in [-0.05, 0) is 41.0 Å². The van der Waals surface area contributed by atoms with Crippen molar-refractivity contribution in [1.82, 2.24) is 10.2 Å². The Labute approximate surface area is 199 Å². The molecule has 178 valence electrons. The number of amides is 2. The van der Waals surface area contributed by atoms with E-state index in [1.54, 1.807) is 4.90 Å². The fraction of sp³-hybridized carbons (Fsp3) is 0.444. The van der Waals surface area contributed by atoms with E-state index in [0.29, 0.717) is 19.6 Å². The fourth-order valence-electron chi connectivity index (χ4n) is 5.83. The number of carboxylic acids is 1. The maximum absolute atomic E-state index is 12.9. The standard InChI is InChI=1S/C27H30N2O5/c30-25(31)12-17-14-29(15-17)26(32)19-11-5-6-18(19)13-28-27(33)34-16-24-22-9-3-1-7-20(22)21-8-2-4-10-23(21)24/h1-4,7-10,17-19,24H,5-6,11-16H2,(H,28,33)(H,30,31)/t18-,19-/m0/s1. The second-order valence-electron chi connectivity index (χ2n) is 9.71. The summed E-state index contributed by atoms with van der Waals surface area (Å²) in [6.07, 6.45) is 2.33. The molecular formula is C27H30N2O5. The third-order valence-corrected chi connectivity index (χ3v) is 7.56. The summed E-state index contributed by atoms with van der Waals surface area (Å²) in [4.78, 5) is 38.0. The Morgan fingerprint density at radius 1 is 0.971 bits per heavy atom. The van der Waals surface area contributed by atoms with Gasteiger partial charge in [-0.3, -0.25) is 9.59 Å². The molecule has 2 aromatic carbocycles. The van der Waals surface area contributed by atoms with Gasteiger partial charge in [0.05, 0.1) is 6.42 Å². The van der Waals surface area contributed by atoms with E-state index in [4.69, 9.17) is 9.84 Å². The summed E-state index contributed by atoms with van der Waals surface area (Å²) in [6.45, 7) is 1.73. The molecule has 7 heteroatoms. The predicted octanol–water partition coefficient (Wildman–Crippen LogP) is 3.87. The number of nitrogens with one attached hydrogen (secondary N) is 1. The van der Waals surface area contributed by atoms with E-state index in [9.17, 15) is 14.4 Å². The highest BCUT2D eigenvalue weighted by molar-refractivity contribution is 5.81. The van der Waals surface area contributed by atoms with Gasteiger partial charge in [0.15, 0.2) is 0 Å². The molecule has 1 aliphatic heterocycles. The van der Waals surface area contributed by atoms with Crippen LogP contribution in [0.15, 0.2) is 48.5 Å². The summed E-state index contributed by atoms with van der Waals surface area (Å²) in [5, 5.41) is 11.8. The second kappa shape index (κ2) is 9.49. The Bertz CT molecular complexity index is 1050. The van der Waals surface area contributed by atoms with Gasteiger partial charge in [-0.25, -0.2) is 4.79 Å². The van der Waals surface area contributed by atoms with E-state index in [1.807, 2.05) is 24.3 Å². The number of alkyl carbamates (subject to hydrolysis) is 1. The summed E-state index contributed by atoms with van der Waals surface area (Å²) < 4.78 is 5.63. The number of carboxylic acid groups (broad SMARTS) is 1.